The summed E-state index contributed by atoms with van der Waals surface area (Å²) in [6, 6.07) is 5.08. The zero-order valence-corrected chi connectivity index (χ0v) is 11.0. The Hall–Kier alpha value is -1.99. The minimum Gasteiger partial charge on any atom is -0.480 e. The summed E-state index contributed by atoms with van der Waals surface area (Å²) >= 11 is 0. The number of nitrogens with zero attached hydrogens (tertiary/aromatic N) is 2. The molecule has 0 aliphatic carbocycles. The molecular formula is C13H17N3O4. The van der Waals surface area contributed by atoms with Crippen molar-refractivity contribution in [2.24, 2.45) is 0 Å². The van der Waals surface area contributed by atoms with Crippen molar-refractivity contribution in [3.63, 3.8) is 0 Å². The molecule has 1 aliphatic heterocycles. The fraction of sp³-hybridized carbons (Fsp3) is 0.462. The van der Waals surface area contributed by atoms with Crippen LogP contribution in [0.15, 0.2) is 24.3 Å². The lowest BCUT2D eigenvalue weighted by Gasteiger charge is -2.27. The molecule has 2 rings (SSSR count). The Morgan fingerprint density at radius 1 is 1.35 bits per heavy atom. The number of nitro benzene ring substituents is 1. The summed E-state index contributed by atoms with van der Waals surface area (Å²) in [4.78, 5) is 23.9. The van der Waals surface area contributed by atoms with Crippen LogP contribution in [0.4, 0.5) is 5.69 Å². The number of hydrogen-bond acceptors (Lipinski definition) is 5. The molecule has 2 N–H and O–H groups in total. The van der Waals surface area contributed by atoms with E-state index < -0.39 is 16.9 Å². The average Bonchev–Trinajstić information content (AvgIpc) is 2.68. The minimum absolute atomic E-state index is 0.142. The Bertz CT molecular complexity index is 498. The van der Waals surface area contributed by atoms with Gasteiger partial charge in [0.05, 0.1) is 10.5 Å². The largest absolute Gasteiger partial charge is 0.480 e. The van der Waals surface area contributed by atoms with Crippen molar-refractivity contribution in [2.75, 3.05) is 26.2 Å². The molecule has 1 aliphatic rings. The molecule has 1 fully saturated rings. The molecule has 0 radical (unpaired) electrons. The van der Waals surface area contributed by atoms with Crippen molar-refractivity contribution in [1.82, 2.24) is 10.2 Å². The van der Waals surface area contributed by atoms with Gasteiger partial charge in [0.15, 0.2) is 0 Å². The van der Waals surface area contributed by atoms with Crippen molar-refractivity contribution in [2.45, 2.75) is 12.5 Å². The highest BCUT2D eigenvalue weighted by molar-refractivity contribution is 5.77. The van der Waals surface area contributed by atoms with E-state index in [1.54, 1.807) is 17.0 Å². The van der Waals surface area contributed by atoms with Gasteiger partial charge in [0.2, 0.25) is 0 Å². The Labute approximate surface area is 116 Å². The molecule has 0 bridgehead atoms. The summed E-state index contributed by atoms with van der Waals surface area (Å²) in [5.74, 6) is -1.05. The van der Waals surface area contributed by atoms with E-state index in [9.17, 15) is 20.0 Å². The molecule has 7 nitrogen and oxygen atoms in total. The predicted molar refractivity (Wildman–Crippen MR) is 72.5 cm³/mol. The van der Waals surface area contributed by atoms with Gasteiger partial charge in [0.1, 0.15) is 6.04 Å². The van der Waals surface area contributed by atoms with Crippen molar-refractivity contribution in [1.29, 1.82) is 0 Å². The molecule has 20 heavy (non-hydrogen) atoms. The van der Waals surface area contributed by atoms with Crippen LogP contribution in [0.1, 0.15) is 18.0 Å². The van der Waals surface area contributed by atoms with Gasteiger partial charge >= 0.3 is 5.97 Å². The first-order valence-electron chi connectivity index (χ1n) is 6.52. The minimum atomic E-state index is -1.05. The Balaban J connectivity index is 2.37. The number of carboxylic acids is 1. The number of benzene rings is 1. The molecule has 1 atom stereocenters. The van der Waals surface area contributed by atoms with Gasteiger partial charge < -0.3 is 10.4 Å². The van der Waals surface area contributed by atoms with Gasteiger partial charge in [-0.1, -0.05) is 12.1 Å². The third kappa shape index (κ3) is 3.12. The van der Waals surface area contributed by atoms with Crippen LogP contribution >= 0.6 is 0 Å². The van der Waals surface area contributed by atoms with Gasteiger partial charge in [-0.25, -0.2) is 0 Å². The molecule has 0 spiro atoms. The van der Waals surface area contributed by atoms with Gasteiger partial charge in [0.25, 0.3) is 5.69 Å². The van der Waals surface area contributed by atoms with Crippen molar-refractivity contribution < 1.29 is 14.8 Å². The second-order valence-electron chi connectivity index (χ2n) is 4.70. The van der Waals surface area contributed by atoms with Gasteiger partial charge in [-0.3, -0.25) is 19.8 Å². The standard InChI is InChI=1S/C13H17N3O4/c17-13(18)12(15-8-3-6-14-7-9-15)10-4-1-2-5-11(10)16(19)20/h1-2,4-5,12,14H,3,6-9H2,(H,17,18). The lowest BCUT2D eigenvalue weighted by Crippen LogP contribution is -2.37. The van der Waals surface area contributed by atoms with Crippen LogP contribution in [-0.2, 0) is 4.79 Å². The van der Waals surface area contributed by atoms with Crippen LogP contribution < -0.4 is 5.32 Å². The van der Waals surface area contributed by atoms with E-state index in [4.69, 9.17) is 0 Å². The number of nitrogens with one attached hydrogen (secondary N) is 1. The molecule has 108 valence electrons. The van der Waals surface area contributed by atoms with Crippen LogP contribution in [0.2, 0.25) is 0 Å². The number of carbonyl (C=O) groups is 1. The Morgan fingerprint density at radius 2 is 2.10 bits per heavy atom. The average molecular weight is 279 g/mol. The summed E-state index contributed by atoms with van der Waals surface area (Å²) in [6.45, 7) is 2.68. The lowest BCUT2D eigenvalue weighted by atomic mass is 10.0. The highest BCUT2D eigenvalue weighted by atomic mass is 16.6. The van der Waals surface area contributed by atoms with E-state index in [-0.39, 0.29) is 11.3 Å². The summed E-state index contributed by atoms with van der Waals surface area (Å²) in [7, 11) is 0. The van der Waals surface area contributed by atoms with Crippen LogP contribution in [0.25, 0.3) is 0 Å². The first-order valence-corrected chi connectivity index (χ1v) is 6.52. The third-order valence-electron chi connectivity index (χ3n) is 3.40. The van der Waals surface area contributed by atoms with Gasteiger partial charge in [0, 0.05) is 25.7 Å². The quantitative estimate of drug-likeness (QED) is 0.631. The second-order valence-corrected chi connectivity index (χ2v) is 4.70. The summed E-state index contributed by atoms with van der Waals surface area (Å²) in [6.07, 6.45) is 0.824. The zero-order chi connectivity index (χ0) is 14.5. The second kappa shape index (κ2) is 6.44. The smallest absolute Gasteiger partial charge is 0.325 e. The number of hydrogen-bond donors (Lipinski definition) is 2. The van der Waals surface area contributed by atoms with Crippen molar-refractivity contribution in [3.8, 4) is 0 Å². The van der Waals surface area contributed by atoms with Gasteiger partial charge in [-0.2, -0.15) is 0 Å². The SMILES string of the molecule is O=C(O)C(c1ccccc1[N+](=O)[O-])N1CCCNCC1. The first kappa shape index (κ1) is 14.4. The molecule has 1 unspecified atom stereocenters. The molecule has 0 aromatic heterocycles. The monoisotopic (exact) mass is 279 g/mol. The highest BCUT2D eigenvalue weighted by Gasteiger charge is 2.32. The molecular weight excluding hydrogens is 262 g/mol. The van der Waals surface area contributed by atoms with Crippen LogP contribution in [-0.4, -0.2) is 47.1 Å². The van der Waals surface area contributed by atoms with E-state index in [1.807, 2.05) is 0 Å². The number of nitro groups is 1. The Kier molecular flexibility index (Phi) is 4.65. The van der Waals surface area contributed by atoms with Crippen LogP contribution in [0, 0.1) is 10.1 Å². The number of aliphatic carboxylic acids is 1. The fourth-order valence-electron chi connectivity index (χ4n) is 2.50. The van der Waals surface area contributed by atoms with E-state index in [1.165, 1.54) is 12.1 Å². The number of para-hydroxylation sites is 1. The van der Waals surface area contributed by atoms with E-state index >= 15 is 0 Å². The molecule has 1 aromatic carbocycles. The van der Waals surface area contributed by atoms with E-state index in [0.717, 1.165) is 13.0 Å². The third-order valence-corrected chi connectivity index (χ3v) is 3.40. The maximum atomic E-state index is 11.6. The molecule has 0 amide bonds. The molecule has 7 heteroatoms. The van der Waals surface area contributed by atoms with Crippen molar-refractivity contribution >= 4 is 11.7 Å². The predicted octanol–water partition coefficient (Wildman–Crippen LogP) is 1.02. The fourth-order valence-corrected chi connectivity index (χ4v) is 2.50. The molecule has 1 heterocycles. The van der Waals surface area contributed by atoms with Gasteiger partial charge in [-0.15, -0.1) is 0 Å². The first-order chi connectivity index (χ1) is 9.61. The van der Waals surface area contributed by atoms with Crippen LogP contribution in [0.3, 0.4) is 0 Å². The van der Waals surface area contributed by atoms with Crippen LogP contribution in [0.5, 0.6) is 0 Å². The highest BCUT2D eigenvalue weighted by Crippen LogP contribution is 2.29. The molecule has 1 aromatic rings. The normalized spacial score (nSPS) is 18.2. The summed E-state index contributed by atoms with van der Waals surface area (Å²) < 4.78 is 0. The lowest BCUT2D eigenvalue weighted by molar-refractivity contribution is -0.385. The maximum Gasteiger partial charge on any atom is 0.325 e. The van der Waals surface area contributed by atoms with E-state index in [2.05, 4.69) is 5.32 Å². The number of carboxylic acid groups (broad SMARTS) is 1. The van der Waals surface area contributed by atoms with E-state index in [0.29, 0.717) is 19.6 Å². The zero-order valence-electron chi connectivity index (χ0n) is 11.0. The Morgan fingerprint density at radius 3 is 2.80 bits per heavy atom. The van der Waals surface area contributed by atoms with Crippen molar-refractivity contribution in [3.05, 3.63) is 39.9 Å². The molecule has 1 saturated heterocycles. The maximum absolute atomic E-state index is 11.6. The summed E-state index contributed by atoms with van der Waals surface area (Å²) in [5, 5.41) is 23.8. The number of rotatable bonds is 4. The molecule has 0 saturated carbocycles. The van der Waals surface area contributed by atoms with Gasteiger partial charge in [-0.05, 0) is 19.0 Å². The summed E-state index contributed by atoms with van der Waals surface area (Å²) in [5.41, 5.74) is 0.101. The topological polar surface area (TPSA) is 95.7 Å².